The van der Waals surface area contributed by atoms with Crippen LogP contribution in [-0.2, 0) is 6.42 Å². The molecule has 218 valence electrons. The van der Waals surface area contributed by atoms with Crippen molar-refractivity contribution >= 4 is 55.7 Å². The molecule has 0 saturated heterocycles. The van der Waals surface area contributed by atoms with Crippen LogP contribution in [0.1, 0.15) is 21.1 Å². The summed E-state index contributed by atoms with van der Waals surface area (Å²) < 4.78 is 33.1. The summed E-state index contributed by atoms with van der Waals surface area (Å²) in [4.78, 5) is 19.2. The molecule has 5 aromatic carbocycles. The molecule has 46 heavy (non-hydrogen) atoms. The van der Waals surface area contributed by atoms with E-state index in [0.29, 0.717) is 17.7 Å². The lowest BCUT2D eigenvalue weighted by molar-refractivity contribution is 0.971. The van der Waals surface area contributed by atoms with Gasteiger partial charge < -0.3 is 0 Å². The maximum absolute atomic E-state index is 8.17. The summed E-state index contributed by atoms with van der Waals surface area (Å²) in [6.45, 7) is -2.29. The Hall–Kier alpha value is -6.28. The van der Waals surface area contributed by atoms with Gasteiger partial charge in [0.05, 0.1) is 55.5 Å². The van der Waals surface area contributed by atoms with Gasteiger partial charge in [-0.1, -0.05) is 54.6 Å². The third kappa shape index (κ3) is 3.43. The zero-order valence-electron chi connectivity index (χ0n) is 27.4. The van der Waals surface area contributed by atoms with E-state index in [2.05, 4.69) is 88.6 Å². The van der Waals surface area contributed by atoms with Crippen LogP contribution in [0.4, 0.5) is 0 Å². The first-order valence-electron chi connectivity index (χ1n) is 16.6. The zero-order valence-corrected chi connectivity index (χ0v) is 24.4. The van der Waals surface area contributed by atoms with E-state index in [9.17, 15) is 0 Å². The highest BCUT2D eigenvalue weighted by atomic mass is 15.2. The van der Waals surface area contributed by atoms with Crippen molar-refractivity contribution in [3.8, 4) is 11.4 Å². The van der Waals surface area contributed by atoms with Gasteiger partial charge in [0, 0.05) is 22.9 Å². The molecular formula is C38H26N8. The summed E-state index contributed by atoms with van der Waals surface area (Å²) in [5.74, 6) is 2.19. The maximum atomic E-state index is 8.17. The van der Waals surface area contributed by atoms with Crippen molar-refractivity contribution in [2.45, 2.75) is 13.3 Å². The second-order valence-corrected chi connectivity index (χ2v) is 11.5. The van der Waals surface area contributed by atoms with Crippen molar-refractivity contribution in [2.24, 2.45) is 0 Å². The van der Waals surface area contributed by atoms with Gasteiger partial charge in [-0.2, -0.15) is 0 Å². The molecule has 0 spiro atoms. The third-order valence-corrected chi connectivity index (χ3v) is 8.86. The Morgan fingerprint density at radius 2 is 1.09 bits per heavy atom. The lowest BCUT2D eigenvalue weighted by Gasteiger charge is -2.10. The van der Waals surface area contributed by atoms with Crippen LogP contribution < -0.4 is 0 Å². The predicted molar refractivity (Wildman–Crippen MR) is 182 cm³/mol. The quantitative estimate of drug-likeness (QED) is 0.207. The minimum Gasteiger partial charge on any atom is -0.278 e. The fourth-order valence-electron chi connectivity index (χ4n) is 6.92. The molecule has 0 amide bonds. The summed E-state index contributed by atoms with van der Waals surface area (Å²) in [6.07, 6.45) is 4.10. The molecule has 0 aliphatic rings. The Balaban J connectivity index is 1.22. The van der Waals surface area contributed by atoms with Gasteiger partial charge in [0.15, 0.2) is 0 Å². The van der Waals surface area contributed by atoms with E-state index in [1.165, 1.54) is 0 Å². The SMILES string of the molecule is [2H]C([2H])([2H])c1cccc2c1nc1n(-c3cccc(-n4c5ccccc5n5c6cccc(Cc7ncccn7)c6nc45)c3)c3ccccc3n21. The molecule has 0 atom stereocenters. The fourth-order valence-corrected chi connectivity index (χ4v) is 6.92. The average molecular weight is 598 g/mol. The molecule has 0 bridgehead atoms. The van der Waals surface area contributed by atoms with E-state index < -0.39 is 6.85 Å². The van der Waals surface area contributed by atoms with Crippen molar-refractivity contribution in [2.75, 3.05) is 0 Å². The number of benzene rings is 5. The number of aromatic nitrogens is 8. The van der Waals surface area contributed by atoms with Crippen molar-refractivity contribution in [1.29, 1.82) is 0 Å². The molecule has 8 nitrogen and oxygen atoms in total. The first kappa shape index (κ1) is 22.3. The van der Waals surface area contributed by atoms with Gasteiger partial charge in [0.25, 0.3) is 0 Å². The van der Waals surface area contributed by atoms with Gasteiger partial charge in [0.1, 0.15) is 5.82 Å². The number of aryl methyl sites for hydroxylation is 1. The second kappa shape index (κ2) is 9.36. The normalized spacial score (nSPS) is 13.3. The largest absolute Gasteiger partial charge is 0.278 e. The molecule has 0 aliphatic heterocycles. The summed E-state index contributed by atoms with van der Waals surface area (Å²) in [5.41, 5.74) is 10.3. The van der Waals surface area contributed by atoms with Gasteiger partial charge in [-0.15, -0.1) is 0 Å². The van der Waals surface area contributed by atoms with Gasteiger partial charge in [-0.25, -0.2) is 19.9 Å². The number of rotatable bonds is 4. The van der Waals surface area contributed by atoms with Crippen LogP contribution in [0.2, 0.25) is 0 Å². The molecule has 0 saturated carbocycles. The average Bonchev–Trinajstić information content (AvgIpc) is 3.85. The second-order valence-electron chi connectivity index (χ2n) is 11.5. The summed E-state index contributed by atoms with van der Waals surface area (Å²) in [5, 5.41) is 0. The summed E-state index contributed by atoms with van der Waals surface area (Å²) in [6, 6.07) is 38.2. The smallest absolute Gasteiger partial charge is 0.220 e. The first-order chi connectivity index (χ1) is 24.0. The van der Waals surface area contributed by atoms with E-state index in [0.717, 1.165) is 67.2 Å². The van der Waals surface area contributed by atoms with Crippen LogP contribution in [0.3, 0.4) is 0 Å². The highest BCUT2D eigenvalue weighted by Gasteiger charge is 2.21. The molecule has 0 N–H and O–H groups in total. The Kier molecular flexibility index (Phi) is 4.53. The lowest BCUT2D eigenvalue weighted by Crippen LogP contribution is -2.00. The van der Waals surface area contributed by atoms with E-state index in [-0.39, 0.29) is 5.56 Å². The zero-order chi connectivity index (χ0) is 32.9. The van der Waals surface area contributed by atoms with E-state index in [1.807, 2.05) is 42.5 Å². The van der Waals surface area contributed by atoms with Crippen molar-refractivity contribution in [1.82, 2.24) is 37.9 Å². The highest BCUT2D eigenvalue weighted by molar-refractivity contribution is 5.95. The number of nitrogens with zero attached hydrogens (tertiary/aromatic N) is 8. The van der Waals surface area contributed by atoms with E-state index in [1.54, 1.807) is 24.5 Å². The summed E-state index contributed by atoms with van der Waals surface area (Å²) >= 11 is 0. The molecule has 0 radical (unpaired) electrons. The lowest BCUT2D eigenvalue weighted by atomic mass is 10.1. The van der Waals surface area contributed by atoms with Crippen LogP contribution in [0.5, 0.6) is 0 Å². The van der Waals surface area contributed by atoms with Gasteiger partial charge in [-0.05, 0) is 78.6 Å². The van der Waals surface area contributed by atoms with Gasteiger partial charge in [-0.3, -0.25) is 17.9 Å². The minimum absolute atomic E-state index is 0.240. The standard InChI is InChI=1S/C38H26N8/c1-24-10-6-18-32-35(24)41-37-43(28-14-2-4-16-30(28)45(32)37)26-12-8-13-27(23-26)44-29-15-3-5-17-31(29)46-33-19-7-11-25(36(33)42-38(44)46)22-34-39-20-9-21-40-34/h2-21,23H,22H2,1H3/i1D3. The van der Waals surface area contributed by atoms with Gasteiger partial charge >= 0.3 is 0 Å². The molecule has 10 rings (SSSR count). The van der Waals surface area contributed by atoms with Crippen molar-refractivity contribution in [3.05, 3.63) is 145 Å². The first-order valence-corrected chi connectivity index (χ1v) is 15.1. The van der Waals surface area contributed by atoms with Crippen molar-refractivity contribution < 1.29 is 4.11 Å². The number of hydrogen-bond acceptors (Lipinski definition) is 4. The molecule has 0 aliphatic carbocycles. The van der Waals surface area contributed by atoms with Crippen LogP contribution in [0, 0.1) is 6.85 Å². The number of hydrogen-bond donors (Lipinski definition) is 0. The van der Waals surface area contributed by atoms with Crippen LogP contribution in [-0.4, -0.2) is 37.9 Å². The Morgan fingerprint density at radius 3 is 1.74 bits per heavy atom. The molecule has 10 aromatic rings. The Bertz CT molecular complexity index is 2910. The number of imidazole rings is 4. The van der Waals surface area contributed by atoms with Crippen LogP contribution in [0.25, 0.3) is 67.1 Å². The predicted octanol–water partition coefficient (Wildman–Crippen LogP) is 7.87. The number of para-hydroxylation sites is 6. The molecule has 5 aromatic heterocycles. The topological polar surface area (TPSA) is 70.2 Å². The number of fused-ring (bicyclic) bond motifs is 10. The summed E-state index contributed by atoms with van der Waals surface area (Å²) in [7, 11) is 0. The molecule has 0 unspecified atom stereocenters. The molecule has 0 fully saturated rings. The minimum atomic E-state index is -2.29. The Morgan fingerprint density at radius 1 is 0.543 bits per heavy atom. The third-order valence-electron chi connectivity index (χ3n) is 8.86. The maximum Gasteiger partial charge on any atom is 0.220 e. The van der Waals surface area contributed by atoms with E-state index >= 15 is 0 Å². The molecular weight excluding hydrogens is 568 g/mol. The Labute approximate surface area is 266 Å². The van der Waals surface area contributed by atoms with Crippen LogP contribution >= 0.6 is 0 Å². The van der Waals surface area contributed by atoms with E-state index in [4.69, 9.17) is 14.1 Å². The highest BCUT2D eigenvalue weighted by Crippen LogP contribution is 2.34. The van der Waals surface area contributed by atoms with Crippen molar-refractivity contribution in [3.63, 3.8) is 0 Å². The fraction of sp³-hybridized carbons (Fsp3) is 0.0526. The monoisotopic (exact) mass is 597 g/mol. The van der Waals surface area contributed by atoms with Gasteiger partial charge in [0.2, 0.25) is 11.6 Å². The van der Waals surface area contributed by atoms with Crippen LogP contribution in [0.15, 0.2) is 128 Å². The molecule has 8 heteroatoms. The molecule has 5 heterocycles.